The van der Waals surface area contributed by atoms with Crippen LogP contribution in [-0.2, 0) is 10.9 Å². The molecule has 2 aromatic rings. The molecule has 3 N–H and O–H groups in total. The molecule has 0 saturated carbocycles. The number of aromatic nitrogens is 2. The summed E-state index contributed by atoms with van der Waals surface area (Å²) in [6.07, 6.45) is -3.07. The predicted octanol–water partition coefficient (Wildman–Crippen LogP) is 3.62. The maximum atomic E-state index is 12.6. The van der Waals surface area contributed by atoms with E-state index in [-0.39, 0.29) is 6.54 Å². The smallest absolute Gasteiger partial charge is 0.444 e. The Morgan fingerprint density at radius 2 is 1.86 bits per heavy atom. The topological polar surface area (TPSA) is 90.1 Å². The molecule has 0 bridgehead atoms. The van der Waals surface area contributed by atoms with Gasteiger partial charge in [-0.15, -0.1) is 0 Å². The summed E-state index contributed by atoms with van der Waals surface area (Å²) in [7, 11) is 0. The first-order chi connectivity index (χ1) is 13.0. The van der Waals surface area contributed by atoms with Crippen LogP contribution < -0.4 is 11.1 Å². The highest BCUT2D eigenvalue weighted by Gasteiger charge is 2.34. The average molecular weight is 392 g/mol. The Morgan fingerprint density at radius 3 is 2.43 bits per heavy atom. The van der Waals surface area contributed by atoms with Gasteiger partial charge < -0.3 is 15.8 Å². The lowest BCUT2D eigenvalue weighted by molar-refractivity contribution is -0.144. The minimum absolute atomic E-state index is 0.0205. The van der Waals surface area contributed by atoms with Gasteiger partial charge in [0.25, 0.3) is 0 Å². The second kappa shape index (κ2) is 8.17. The second-order valence-electron chi connectivity index (χ2n) is 6.76. The zero-order chi connectivity index (χ0) is 20.9. The van der Waals surface area contributed by atoms with Gasteiger partial charge in [-0.3, -0.25) is 0 Å². The van der Waals surface area contributed by atoms with E-state index in [1.165, 1.54) is 0 Å². The Morgan fingerprint density at radius 1 is 1.21 bits per heavy atom. The molecule has 0 saturated heterocycles. The van der Waals surface area contributed by atoms with Gasteiger partial charge in [-0.2, -0.15) is 13.2 Å². The molecule has 0 spiro atoms. The maximum absolute atomic E-state index is 12.6. The van der Waals surface area contributed by atoms with Crippen molar-refractivity contribution in [2.24, 2.45) is 0 Å². The van der Waals surface area contributed by atoms with Gasteiger partial charge in [0.05, 0.1) is 6.54 Å². The number of alkyl halides is 3. The average Bonchev–Trinajstić information content (AvgIpc) is 2.57. The van der Waals surface area contributed by atoms with E-state index >= 15 is 0 Å². The first kappa shape index (κ1) is 21.0. The summed E-state index contributed by atoms with van der Waals surface area (Å²) < 4.78 is 43.0. The number of hydrogen-bond donors (Lipinski definition) is 2. The van der Waals surface area contributed by atoms with Crippen molar-refractivity contribution in [2.45, 2.75) is 32.5 Å². The Hall–Kier alpha value is -3.28. The normalized spacial score (nSPS) is 11.4. The summed E-state index contributed by atoms with van der Waals surface area (Å²) in [5.74, 6) is 4.37. The number of carbonyl (C=O) groups excluding carboxylic acids is 1. The number of rotatable bonds is 2. The van der Waals surface area contributed by atoms with E-state index in [9.17, 15) is 18.0 Å². The lowest BCUT2D eigenvalue weighted by Crippen LogP contribution is -2.32. The van der Waals surface area contributed by atoms with Crippen LogP contribution in [0.5, 0.6) is 0 Å². The predicted molar refractivity (Wildman–Crippen MR) is 98.0 cm³/mol. The van der Waals surface area contributed by atoms with E-state index in [2.05, 4.69) is 27.1 Å². The largest absolute Gasteiger partial charge is 0.451 e. The lowest BCUT2D eigenvalue weighted by atomic mass is 10.0. The maximum Gasteiger partial charge on any atom is 0.451 e. The summed E-state index contributed by atoms with van der Waals surface area (Å²) in [5, 5.41) is 2.49. The van der Waals surface area contributed by atoms with E-state index < -0.39 is 23.7 Å². The summed E-state index contributed by atoms with van der Waals surface area (Å²) in [4.78, 5) is 18.3. The highest BCUT2D eigenvalue weighted by Crippen LogP contribution is 2.28. The van der Waals surface area contributed by atoms with Crippen molar-refractivity contribution in [1.82, 2.24) is 15.3 Å². The number of carbonyl (C=O) groups is 1. The SMILES string of the molecule is CC(C)(C)OC(=O)NCC#Cc1cc(N)ccc1-c1cnc(C(F)(F)F)nc1. The van der Waals surface area contributed by atoms with Crippen molar-refractivity contribution >= 4 is 11.8 Å². The fraction of sp³-hybridized carbons (Fsp3) is 0.316. The van der Waals surface area contributed by atoms with Gasteiger partial charge in [0.1, 0.15) is 5.60 Å². The minimum Gasteiger partial charge on any atom is -0.444 e. The van der Waals surface area contributed by atoms with Gasteiger partial charge in [-0.05, 0) is 32.9 Å². The number of anilines is 1. The van der Waals surface area contributed by atoms with Gasteiger partial charge in [0, 0.05) is 34.8 Å². The number of halogens is 3. The van der Waals surface area contributed by atoms with Crippen LogP contribution in [0.3, 0.4) is 0 Å². The summed E-state index contributed by atoms with van der Waals surface area (Å²) in [6.45, 7) is 5.24. The minimum atomic E-state index is -4.62. The zero-order valence-electron chi connectivity index (χ0n) is 15.5. The number of alkyl carbamates (subject to hydrolysis) is 1. The quantitative estimate of drug-likeness (QED) is 0.602. The third-order valence-electron chi connectivity index (χ3n) is 3.20. The highest BCUT2D eigenvalue weighted by atomic mass is 19.4. The van der Waals surface area contributed by atoms with Crippen molar-refractivity contribution in [3.05, 3.63) is 42.0 Å². The van der Waals surface area contributed by atoms with Crippen LogP contribution in [0.15, 0.2) is 30.6 Å². The van der Waals surface area contributed by atoms with Crippen LogP contribution in [0.4, 0.5) is 23.7 Å². The van der Waals surface area contributed by atoms with E-state index in [1.54, 1.807) is 39.0 Å². The number of nitrogens with zero attached hydrogens (tertiary/aromatic N) is 2. The third-order valence-corrected chi connectivity index (χ3v) is 3.20. The van der Waals surface area contributed by atoms with E-state index in [1.807, 2.05) is 0 Å². The molecule has 28 heavy (non-hydrogen) atoms. The molecule has 2 rings (SSSR count). The zero-order valence-corrected chi connectivity index (χ0v) is 15.5. The molecule has 1 heterocycles. The molecule has 0 fully saturated rings. The molecule has 1 amide bonds. The fourth-order valence-corrected chi connectivity index (χ4v) is 2.10. The van der Waals surface area contributed by atoms with Gasteiger partial charge in [-0.1, -0.05) is 17.9 Å². The standard InChI is InChI=1S/C19H19F3N4O2/c1-18(2,3)28-17(27)24-8-4-5-12-9-14(23)6-7-15(12)13-10-25-16(26-11-13)19(20,21)22/h6-7,9-11H,8,23H2,1-3H3,(H,24,27). The molecule has 1 aromatic heterocycles. The monoisotopic (exact) mass is 392 g/mol. The Labute approximate surface area is 160 Å². The van der Waals surface area contributed by atoms with Crippen molar-refractivity contribution in [2.75, 3.05) is 12.3 Å². The molecule has 1 aromatic carbocycles. The van der Waals surface area contributed by atoms with Crippen LogP contribution in [0.2, 0.25) is 0 Å². The second-order valence-corrected chi connectivity index (χ2v) is 6.76. The number of benzene rings is 1. The van der Waals surface area contributed by atoms with Gasteiger partial charge in [0.2, 0.25) is 5.82 Å². The molecule has 0 radical (unpaired) electrons. The molecule has 6 nitrogen and oxygen atoms in total. The molecule has 0 aliphatic carbocycles. The van der Waals surface area contributed by atoms with Crippen molar-refractivity contribution < 1.29 is 22.7 Å². The molecule has 0 unspecified atom stereocenters. The number of nitrogens with two attached hydrogens (primary N) is 1. The number of nitrogen functional groups attached to an aromatic ring is 1. The number of hydrogen-bond acceptors (Lipinski definition) is 5. The Balaban J connectivity index is 2.19. The van der Waals surface area contributed by atoms with E-state index in [4.69, 9.17) is 10.5 Å². The summed E-state index contributed by atoms with van der Waals surface area (Å²) >= 11 is 0. The number of ether oxygens (including phenoxy) is 1. The highest BCUT2D eigenvalue weighted by molar-refractivity contribution is 5.73. The lowest BCUT2D eigenvalue weighted by Gasteiger charge is -2.19. The molecular weight excluding hydrogens is 373 g/mol. The van der Waals surface area contributed by atoms with Crippen molar-refractivity contribution in [1.29, 1.82) is 0 Å². The first-order valence-electron chi connectivity index (χ1n) is 8.20. The summed E-state index contributed by atoms with van der Waals surface area (Å²) in [5.41, 5.74) is 6.93. The van der Waals surface area contributed by atoms with Crippen molar-refractivity contribution in [3.63, 3.8) is 0 Å². The van der Waals surface area contributed by atoms with Crippen molar-refractivity contribution in [3.8, 4) is 23.0 Å². The van der Waals surface area contributed by atoms with Crippen LogP contribution in [0.1, 0.15) is 32.2 Å². The Kier molecular flexibility index (Phi) is 6.13. The number of amides is 1. The van der Waals surface area contributed by atoms with Crippen LogP contribution >= 0.6 is 0 Å². The molecular formula is C19H19F3N4O2. The third kappa shape index (κ3) is 6.16. The molecule has 0 atom stereocenters. The van der Waals surface area contributed by atoms with Gasteiger partial charge in [0.15, 0.2) is 0 Å². The molecule has 9 heteroatoms. The molecule has 0 aliphatic heterocycles. The Bertz CT molecular complexity index is 908. The van der Waals surface area contributed by atoms with Gasteiger partial charge in [-0.25, -0.2) is 14.8 Å². The van der Waals surface area contributed by atoms with E-state index in [0.717, 1.165) is 12.4 Å². The van der Waals surface area contributed by atoms with Gasteiger partial charge >= 0.3 is 12.3 Å². The fourth-order valence-electron chi connectivity index (χ4n) is 2.10. The summed E-state index contributed by atoms with van der Waals surface area (Å²) in [6, 6.07) is 4.79. The van der Waals surface area contributed by atoms with E-state index in [0.29, 0.717) is 22.4 Å². The first-order valence-corrected chi connectivity index (χ1v) is 8.20. The van der Waals surface area contributed by atoms with Crippen LogP contribution in [0.25, 0.3) is 11.1 Å². The number of nitrogens with one attached hydrogen (secondary N) is 1. The van der Waals surface area contributed by atoms with Crippen LogP contribution in [-0.4, -0.2) is 28.2 Å². The molecule has 148 valence electrons. The van der Waals surface area contributed by atoms with Crippen LogP contribution in [0, 0.1) is 11.8 Å². The molecule has 0 aliphatic rings.